The molecule has 0 unspecified atom stereocenters. The summed E-state index contributed by atoms with van der Waals surface area (Å²) in [5.41, 5.74) is 0.373. The Kier molecular flexibility index (Phi) is 2.43. The van der Waals surface area contributed by atoms with Gasteiger partial charge in [-0.2, -0.15) is 0 Å². The molecule has 4 heteroatoms. The average Bonchev–Trinajstić information content (AvgIpc) is 2.05. The number of hydrogen-bond acceptors (Lipinski definition) is 3. The zero-order valence-electron chi connectivity index (χ0n) is 5.57. The van der Waals surface area contributed by atoms with Crippen LogP contribution in [0, 0.1) is 0 Å². The highest BCUT2D eigenvalue weighted by Gasteiger charge is 2.01. The van der Waals surface area contributed by atoms with Crippen LogP contribution in [0.25, 0.3) is 0 Å². The Labute approximate surface area is 66.8 Å². The summed E-state index contributed by atoms with van der Waals surface area (Å²) in [7, 11) is 0. The van der Waals surface area contributed by atoms with Gasteiger partial charge >= 0.3 is 22.6 Å². The highest BCUT2D eigenvalue weighted by molar-refractivity contribution is 6.08. The molecule has 0 fully saturated rings. The van der Waals surface area contributed by atoms with Crippen molar-refractivity contribution in [3.05, 3.63) is 30.1 Å². The zero-order valence-corrected chi connectivity index (χ0v) is 7.57. The van der Waals surface area contributed by atoms with Crippen molar-refractivity contribution in [3.8, 4) is 0 Å². The summed E-state index contributed by atoms with van der Waals surface area (Å²) in [6, 6.07) is 5.13. The summed E-state index contributed by atoms with van der Waals surface area (Å²) >= 11 is 0.418. The molecule has 50 valence electrons. The fourth-order valence-corrected chi connectivity index (χ4v) is 0.797. The van der Waals surface area contributed by atoms with Gasteiger partial charge in [0, 0.05) is 6.20 Å². The first-order chi connectivity index (χ1) is 4.84. The highest BCUT2D eigenvalue weighted by Crippen LogP contribution is 1.93. The van der Waals surface area contributed by atoms with E-state index >= 15 is 0 Å². The Morgan fingerprint density at radius 1 is 1.60 bits per heavy atom. The van der Waals surface area contributed by atoms with E-state index in [9.17, 15) is 4.79 Å². The Morgan fingerprint density at radius 3 is 2.90 bits per heavy atom. The lowest BCUT2D eigenvalue weighted by Gasteiger charge is -1.96. The summed E-state index contributed by atoms with van der Waals surface area (Å²) < 4.78 is 4.57. The number of hydrogen-bond donors (Lipinski definition) is 0. The molecule has 3 nitrogen and oxygen atoms in total. The molecule has 0 atom stereocenters. The zero-order chi connectivity index (χ0) is 7.40. The SMILES string of the molecule is O=C([O][AlH2])c1ccccn1. The topological polar surface area (TPSA) is 39.2 Å². The van der Waals surface area contributed by atoms with Gasteiger partial charge in [-0.05, 0) is 12.1 Å². The van der Waals surface area contributed by atoms with Crippen molar-refractivity contribution >= 4 is 22.6 Å². The van der Waals surface area contributed by atoms with E-state index in [2.05, 4.69) is 8.77 Å². The molecular weight excluding hydrogens is 145 g/mol. The van der Waals surface area contributed by atoms with Crippen LogP contribution in [0.4, 0.5) is 0 Å². The fraction of sp³-hybridized carbons (Fsp3) is 0. The number of nitrogens with zero attached hydrogens (tertiary/aromatic N) is 1. The van der Waals surface area contributed by atoms with Crippen LogP contribution in [0.3, 0.4) is 0 Å². The first kappa shape index (κ1) is 7.26. The summed E-state index contributed by atoms with van der Waals surface area (Å²) in [5, 5.41) is 0. The fourth-order valence-electron chi connectivity index (χ4n) is 0.588. The Morgan fingerprint density at radius 2 is 2.40 bits per heavy atom. The average molecular weight is 151 g/mol. The molecule has 1 aromatic rings. The maximum Gasteiger partial charge on any atom is 0.499 e. The lowest BCUT2D eigenvalue weighted by molar-refractivity contribution is 0.0743. The molecule has 0 bridgehead atoms. The molecule has 1 aromatic heterocycles. The molecule has 0 N–H and O–H groups in total. The number of pyridine rings is 1. The van der Waals surface area contributed by atoms with Crippen LogP contribution in [-0.2, 0) is 3.79 Å². The summed E-state index contributed by atoms with van der Waals surface area (Å²) in [4.78, 5) is 14.6. The lowest BCUT2D eigenvalue weighted by Crippen LogP contribution is -2.03. The molecule has 0 aliphatic carbocycles. The van der Waals surface area contributed by atoms with Crippen LogP contribution in [0.1, 0.15) is 10.5 Å². The second-order valence-electron chi connectivity index (χ2n) is 1.71. The molecular formula is C6H6AlNO2. The summed E-state index contributed by atoms with van der Waals surface area (Å²) in [6.45, 7) is 0. The van der Waals surface area contributed by atoms with Gasteiger partial charge in [0.2, 0.25) is 0 Å². The minimum absolute atomic E-state index is 0.340. The van der Waals surface area contributed by atoms with Crippen LogP contribution in [-0.4, -0.2) is 27.6 Å². The third-order valence-electron chi connectivity index (χ3n) is 1.06. The van der Waals surface area contributed by atoms with Crippen molar-refractivity contribution < 1.29 is 8.58 Å². The standard InChI is InChI=1S/C6H5NO2.Al.2H/c8-6(9)5-3-1-2-4-7-5;;;/h1-4H,(H,8,9);;;/q;+1;;/p-1. The van der Waals surface area contributed by atoms with Crippen LogP contribution in [0.15, 0.2) is 24.4 Å². The molecule has 0 aliphatic heterocycles. The van der Waals surface area contributed by atoms with Crippen molar-refractivity contribution in [1.29, 1.82) is 0 Å². The van der Waals surface area contributed by atoms with E-state index in [4.69, 9.17) is 0 Å². The minimum Gasteiger partial charge on any atom is -0.617 e. The van der Waals surface area contributed by atoms with E-state index in [1.54, 1.807) is 24.4 Å². The first-order valence-corrected chi connectivity index (χ1v) is 3.65. The Hall–Kier alpha value is -0.848. The van der Waals surface area contributed by atoms with Crippen LogP contribution < -0.4 is 0 Å². The summed E-state index contributed by atoms with van der Waals surface area (Å²) in [5.74, 6) is -0.340. The monoisotopic (exact) mass is 151 g/mol. The molecule has 0 aliphatic rings. The van der Waals surface area contributed by atoms with E-state index in [1.165, 1.54) is 0 Å². The largest absolute Gasteiger partial charge is 0.617 e. The van der Waals surface area contributed by atoms with Crippen LogP contribution >= 0.6 is 0 Å². The van der Waals surface area contributed by atoms with Crippen LogP contribution in [0.5, 0.6) is 0 Å². The van der Waals surface area contributed by atoms with Gasteiger partial charge < -0.3 is 3.79 Å². The van der Waals surface area contributed by atoms with Crippen LogP contribution in [0.2, 0.25) is 0 Å². The third kappa shape index (κ3) is 1.57. The predicted octanol–water partition coefficient (Wildman–Crippen LogP) is -0.214. The van der Waals surface area contributed by atoms with Gasteiger partial charge in [0.1, 0.15) is 5.69 Å². The molecule has 0 aromatic carbocycles. The first-order valence-electron chi connectivity index (χ1n) is 2.84. The smallest absolute Gasteiger partial charge is 0.499 e. The highest BCUT2D eigenvalue weighted by atomic mass is 27.1. The van der Waals surface area contributed by atoms with Gasteiger partial charge in [-0.3, -0.25) is 0 Å². The van der Waals surface area contributed by atoms with E-state index < -0.39 is 0 Å². The molecule has 10 heavy (non-hydrogen) atoms. The Balaban J connectivity index is 2.85. The Bertz CT molecular complexity index is 224. The number of aromatic nitrogens is 1. The normalized spacial score (nSPS) is 8.80. The lowest BCUT2D eigenvalue weighted by atomic mass is 10.4. The molecule has 1 rings (SSSR count). The molecule has 0 amide bonds. The predicted molar refractivity (Wildman–Crippen MR) is 38.2 cm³/mol. The van der Waals surface area contributed by atoms with E-state index in [-0.39, 0.29) is 5.97 Å². The van der Waals surface area contributed by atoms with Crippen molar-refractivity contribution in [2.75, 3.05) is 0 Å². The maximum absolute atomic E-state index is 10.8. The van der Waals surface area contributed by atoms with Gasteiger partial charge in [-0.1, -0.05) is 6.07 Å². The molecule has 0 radical (unpaired) electrons. The van der Waals surface area contributed by atoms with Gasteiger partial charge in [0.25, 0.3) is 0 Å². The number of carbonyl (C=O) groups excluding carboxylic acids is 1. The number of rotatable bonds is 1. The quantitative estimate of drug-likeness (QED) is 0.521. The van der Waals surface area contributed by atoms with Crippen molar-refractivity contribution in [2.24, 2.45) is 0 Å². The maximum atomic E-state index is 10.8. The van der Waals surface area contributed by atoms with Gasteiger partial charge in [0.15, 0.2) is 0 Å². The summed E-state index contributed by atoms with van der Waals surface area (Å²) in [6.07, 6.45) is 1.56. The van der Waals surface area contributed by atoms with Crippen molar-refractivity contribution in [1.82, 2.24) is 4.98 Å². The molecule has 1 heterocycles. The van der Waals surface area contributed by atoms with Crippen molar-refractivity contribution in [2.45, 2.75) is 0 Å². The van der Waals surface area contributed by atoms with E-state index in [0.717, 1.165) is 0 Å². The van der Waals surface area contributed by atoms with Gasteiger partial charge in [0.05, 0.1) is 0 Å². The van der Waals surface area contributed by atoms with Crippen molar-refractivity contribution in [3.63, 3.8) is 0 Å². The molecule has 0 saturated carbocycles. The van der Waals surface area contributed by atoms with Gasteiger partial charge in [-0.25, -0.2) is 9.78 Å². The van der Waals surface area contributed by atoms with E-state index in [1.807, 2.05) is 0 Å². The molecule has 0 saturated heterocycles. The second-order valence-corrected chi connectivity index (χ2v) is 2.11. The third-order valence-corrected chi connectivity index (χ3v) is 1.43. The molecule has 0 spiro atoms. The number of carbonyl (C=O) groups is 1. The van der Waals surface area contributed by atoms with E-state index in [0.29, 0.717) is 22.3 Å². The van der Waals surface area contributed by atoms with Gasteiger partial charge in [-0.15, -0.1) is 0 Å². The minimum atomic E-state index is -0.340. The second kappa shape index (κ2) is 3.35.